The first-order chi connectivity index (χ1) is 12.5. The van der Waals surface area contributed by atoms with Gasteiger partial charge < -0.3 is 10.0 Å². The molecule has 1 aliphatic carbocycles. The van der Waals surface area contributed by atoms with E-state index in [-0.39, 0.29) is 6.10 Å². The molecule has 0 bridgehead atoms. The highest BCUT2D eigenvalue weighted by Gasteiger charge is 2.43. The van der Waals surface area contributed by atoms with Gasteiger partial charge in [-0.3, -0.25) is 9.69 Å². The van der Waals surface area contributed by atoms with E-state index in [1.807, 2.05) is 11.3 Å². The molecule has 1 aromatic heterocycles. The van der Waals surface area contributed by atoms with Gasteiger partial charge in [-0.15, -0.1) is 11.3 Å². The molecule has 3 aliphatic rings. The summed E-state index contributed by atoms with van der Waals surface area (Å²) >= 11 is 1.91. The number of hydrogen-bond donors (Lipinski definition) is 1. The molecule has 26 heavy (non-hydrogen) atoms. The number of carbonyl (C=O) groups is 1. The fourth-order valence-electron chi connectivity index (χ4n) is 5.13. The molecule has 0 radical (unpaired) electrons. The minimum absolute atomic E-state index is 0.149. The number of piperidine rings is 2. The normalized spacial score (nSPS) is 30.1. The lowest BCUT2D eigenvalue weighted by atomic mass is 9.71. The van der Waals surface area contributed by atoms with Gasteiger partial charge in [0.1, 0.15) is 0 Å². The van der Waals surface area contributed by atoms with Crippen LogP contribution in [0, 0.1) is 12.3 Å². The monoisotopic (exact) mass is 376 g/mol. The van der Waals surface area contributed by atoms with Crippen molar-refractivity contribution < 1.29 is 9.90 Å². The van der Waals surface area contributed by atoms with Crippen molar-refractivity contribution in [3.8, 4) is 0 Å². The molecule has 1 amide bonds. The minimum Gasteiger partial charge on any atom is -0.393 e. The predicted octanol–water partition coefficient (Wildman–Crippen LogP) is 3.56. The van der Waals surface area contributed by atoms with E-state index in [0.29, 0.717) is 17.4 Å². The highest BCUT2D eigenvalue weighted by atomic mass is 32.1. The molecule has 5 heteroatoms. The lowest BCUT2D eigenvalue weighted by molar-refractivity contribution is -0.143. The van der Waals surface area contributed by atoms with E-state index in [1.54, 1.807) is 0 Å². The van der Waals surface area contributed by atoms with E-state index >= 15 is 0 Å². The molecular formula is C21H32N2O2S. The van der Waals surface area contributed by atoms with Crippen LogP contribution in [-0.4, -0.2) is 52.6 Å². The zero-order valence-corrected chi connectivity index (χ0v) is 16.8. The lowest BCUT2D eigenvalue weighted by Crippen LogP contribution is -2.55. The number of carbonyl (C=O) groups excluding carboxylic acids is 1. The Bertz CT molecular complexity index is 628. The first-order valence-electron chi connectivity index (χ1n) is 10.3. The number of aliphatic hydroxyl groups is 1. The van der Waals surface area contributed by atoms with Crippen LogP contribution in [0.2, 0.25) is 0 Å². The standard InChI is InChI=1S/C21H32N2O2S/c1-16-2-7-19(26-16)14-22-12-10-21(11-13-22)9-8-20(25)23(15-21)17-3-5-18(24)6-4-17/h2,7,17-18,24H,3-6,8-15H2,1H3. The Balaban J connectivity index is 1.34. The highest BCUT2D eigenvalue weighted by Crippen LogP contribution is 2.42. The average molecular weight is 377 g/mol. The third-order valence-electron chi connectivity index (χ3n) is 6.89. The topological polar surface area (TPSA) is 43.8 Å². The quantitative estimate of drug-likeness (QED) is 0.877. The first-order valence-corrected chi connectivity index (χ1v) is 11.1. The summed E-state index contributed by atoms with van der Waals surface area (Å²) in [5.41, 5.74) is 0.339. The number of rotatable bonds is 3. The minimum atomic E-state index is -0.149. The number of thiophene rings is 1. The van der Waals surface area contributed by atoms with Crippen molar-refractivity contribution in [2.24, 2.45) is 5.41 Å². The molecule has 2 aliphatic heterocycles. The van der Waals surface area contributed by atoms with E-state index in [4.69, 9.17) is 0 Å². The summed E-state index contributed by atoms with van der Waals surface area (Å²) < 4.78 is 0. The van der Waals surface area contributed by atoms with Crippen LogP contribution >= 0.6 is 11.3 Å². The van der Waals surface area contributed by atoms with Crippen LogP contribution in [0.3, 0.4) is 0 Å². The number of hydrogen-bond acceptors (Lipinski definition) is 4. The van der Waals surface area contributed by atoms with Gasteiger partial charge in [0.05, 0.1) is 6.10 Å². The van der Waals surface area contributed by atoms with Crippen LogP contribution in [0.5, 0.6) is 0 Å². The number of nitrogens with zero attached hydrogens (tertiary/aromatic N) is 2. The van der Waals surface area contributed by atoms with Crippen molar-refractivity contribution in [3.63, 3.8) is 0 Å². The van der Waals surface area contributed by atoms with Gasteiger partial charge in [0.2, 0.25) is 5.91 Å². The third-order valence-corrected chi connectivity index (χ3v) is 7.88. The summed E-state index contributed by atoms with van der Waals surface area (Å²) in [6, 6.07) is 4.86. The van der Waals surface area contributed by atoms with Gasteiger partial charge in [0.15, 0.2) is 0 Å². The SMILES string of the molecule is Cc1ccc(CN2CCC3(CCC(=O)N(C4CCC(O)CC4)C3)CC2)s1. The molecule has 4 nitrogen and oxygen atoms in total. The van der Waals surface area contributed by atoms with Crippen LogP contribution in [0.1, 0.15) is 61.1 Å². The first kappa shape index (κ1) is 18.5. The van der Waals surface area contributed by atoms with Crippen molar-refractivity contribution in [3.05, 3.63) is 21.9 Å². The third kappa shape index (κ3) is 4.00. The smallest absolute Gasteiger partial charge is 0.222 e. The molecule has 3 heterocycles. The summed E-state index contributed by atoms with van der Waals surface area (Å²) in [7, 11) is 0. The summed E-state index contributed by atoms with van der Waals surface area (Å²) in [6.45, 7) is 6.53. The summed E-state index contributed by atoms with van der Waals surface area (Å²) in [4.78, 5) is 20.2. The molecule has 1 N–H and O–H groups in total. The van der Waals surface area contributed by atoms with Crippen LogP contribution in [0.25, 0.3) is 0 Å². The number of aliphatic hydroxyl groups excluding tert-OH is 1. The number of likely N-dealkylation sites (tertiary alicyclic amines) is 2. The summed E-state index contributed by atoms with van der Waals surface area (Å²) in [5, 5.41) is 9.78. The van der Waals surface area contributed by atoms with Crippen molar-refractivity contribution >= 4 is 17.2 Å². The average Bonchev–Trinajstić information content (AvgIpc) is 3.05. The highest BCUT2D eigenvalue weighted by molar-refractivity contribution is 7.11. The van der Waals surface area contributed by atoms with Crippen molar-refractivity contribution in [1.82, 2.24) is 9.80 Å². The van der Waals surface area contributed by atoms with Crippen molar-refractivity contribution in [1.29, 1.82) is 0 Å². The lowest BCUT2D eigenvalue weighted by Gasteiger charge is -2.50. The van der Waals surface area contributed by atoms with E-state index in [2.05, 4.69) is 28.9 Å². The van der Waals surface area contributed by atoms with Gasteiger partial charge in [-0.1, -0.05) is 0 Å². The van der Waals surface area contributed by atoms with Crippen LogP contribution in [0.4, 0.5) is 0 Å². The summed E-state index contributed by atoms with van der Waals surface area (Å²) in [6.07, 6.45) is 7.76. The Morgan fingerprint density at radius 3 is 2.54 bits per heavy atom. The molecule has 0 atom stereocenters. The van der Waals surface area contributed by atoms with E-state index in [1.165, 1.54) is 22.6 Å². The van der Waals surface area contributed by atoms with Gasteiger partial charge in [0, 0.05) is 35.3 Å². The summed E-state index contributed by atoms with van der Waals surface area (Å²) in [5.74, 6) is 0.355. The second-order valence-electron chi connectivity index (χ2n) is 8.77. The molecular weight excluding hydrogens is 344 g/mol. The molecule has 144 valence electrons. The van der Waals surface area contributed by atoms with Gasteiger partial charge in [-0.05, 0) is 82.5 Å². The van der Waals surface area contributed by atoms with Gasteiger partial charge in [-0.25, -0.2) is 0 Å². The van der Waals surface area contributed by atoms with Gasteiger partial charge in [-0.2, -0.15) is 0 Å². The van der Waals surface area contributed by atoms with Crippen LogP contribution < -0.4 is 0 Å². The van der Waals surface area contributed by atoms with E-state index < -0.39 is 0 Å². The Morgan fingerprint density at radius 1 is 1.15 bits per heavy atom. The fraction of sp³-hybridized carbons (Fsp3) is 0.762. The fourth-order valence-corrected chi connectivity index (χ4v) is 6.06. The Kier molecular flexibility index (Phi) is 5.40. The second-order valence-corrected chi connectivity index (χ2v) is 10.1. The van der Waals surface area contributed by atoms with Crippen LogP contribution in [-0.2, 0) is 11.3 Å². The largest absolute Gasteiger partial charge is 0.393 e. The maximum atomic E-state index is 12.6. The Hall–Kier alpha value is -0.910. The second kappa shape index (κ2) is 7.61. The molecule has 3 fully saturated rings. The molecule has 0 aromatic carbocycles. The number of aryl methyl sites for hydroxylation is 1. The molecule has 2 saturated heterocycles. The Labute approximate surface area is 161 Å². The zero-order valence-electron chi connectivity index (χ0n) is 16.0. The molecule has 1 aromatic rings. The zero-order chi connectivity index (χ0) is 18.1. The maximum Gasteiger partial charge on any atom is 0.222 e. The van der Waals surface area contributed by atoms with Crippen LogP contribution in [0.15, 0.2) is 12.1 Å². The molecule has 4 rings (SSSR count). The molecule has 1 saturated carbocycles. The van der Waals surface area contributed by atoms with E-state index in [0.717, 1.165) is 64.7 Å². The predicted molar refractivity (Wildman–Crippen MR) is 105 cm³/mol. The van der Waals surface area contributed by atoms with Gasteiger partial charge >= 0.3 is 0 Å². The number of amides is 1. The van der Waals surface area contributed by atoms with Gasteiger partial charge in [0.25, 0.3) is 0 Å². The Morgan fingerprint density at radius 2 is 1.88 bits per heavy atom. The molecule has 1 spiro atoms. The van der Waals surface area contributed by atoms with E-state index in [9.17, 15) is 9.90 Å². The maximum absolute atomic E-state index is 12.6. The molecule has 0 unspecified atom stereocenters. The van der Waals surface area contributed by atoms with Crippen molar-refractivity contribution in [2.45, 2.75) is 77.0 Å². The van der Waals surface area contributed by atoms with Crippen molar-refractivity contribution in [2.75, 3.05) is 19.6 Å².